The van der Waals surface area contributed by atoms with E-state index >= 15 is 0 Å². The van der Waals surface area contributed by atoms with Crippen LogP contribution in [0.4, 0.5) is 34.1 Å². The van der Waals surface area contributed by atoms with Gasteiger partial charge >= 0.3 is 0 Å². The molecule has 10 rings (SSSR count). The van der Waals surface area contributed by atoms with E-state index in [-0.39, 0.29) is 6.17 Å². The molecule has 7 aromatic rings. The van der Waals surface area contributed by atoms with Gasteiger partial charge in [0.1, 0.15) is 6.17 Å². The molecule has 2 unspecified atom stereocenters. The third kappa shape index (κ3) is 3.57. The summed E-state index contributed by atoms with van der Waals surface area (Å²) in [4.78, 5) is 4.91. The average Bonchev–Trinajstić information content (AvgIpc) is 3.67. The van der Waals surface area contributed by atoms with Crippen LogP contribution < -0.4 is 15.1 Å². The van der Waals surface area contributed by atoms with Crippen molar-refractivity contribution in [3.8, 4) is 11.1 Å². The fourth-order valence-electron chi connectivity index (χ4n) is 8.42. The van der Waals surface area contributed by atoms with E-state index in [9.17, 15) is 0 Å². The number of para-hydroxylation sites is 4. The first-order chi connectivity index (χ1) is 23.3. The molecule has 0 saturated heterocycles. The highest BCUT2D eigenvalue weighted by Crippen LogP contribution is 2.66. The van der Waals surface area contributed by atoms with Crippen molar-refractivity contribution in [3.63, 3.8) is 0 Å². The minimum atomic E-state index is -0.493. The van der Waals surface area contributed by atoms with Gasteiger partial charge in [-0.3, -0.25) is 0 Å². The SMILES string of the molecule is c1ccc(C2Nc3cccc4c3N2c2ccccc2C42c3ccccc3-c3ccc(N(c4ccccc4)c4ccccc4)cc32)cc1. The number of fused-ring (bicyclic) bond motifs is 9. The van der Waals surface area contributed by atoms with Crippen molar-refractivity contribution in [2.75, 3.05) is 15.1 Å². The van der Waals surface area contributed by atoms with Crippen LogP contribution >= 0.6 is 0 Å². The molecule has 2 aliphatic heterocycles. The molecule has 47 heavy (non-hydrogen) atoms. The van der Waals surface area contributed by atoms with Crippen molar-refractivity contribution in [2.45, 2.75) is 11.6 Å². The molecule has 7 aromatic carbocycles. The second-order valence-electron chi connectivity index (χ2n) is 12.6. The van der Waals surface area contributed by atoms with Crippen molar-refractivity contribution < 1.29 is 0 Å². The summed E-state index contributed by atoms with van der Waals surface area (Å²) < 4.78 is 0. The molecule has 0 amide bonds. The normalized spacial score (nSPS) is 17.8. The van der Waals surface area contributed by atoms with Gasteiger partial charge in [-0.2, -0.15) is 0 Å². The van der Waals surface area contributed by atoms with E-state index in [0.29, 0.717) is 0 Å². The van der Waals surface area contributed by atoms with Gasteiger partial charge in [-0.05, 0) is 87.5 Å². The van der Waals surface area contributed by atoms with Crippen molar-refractivity contribution in [2.24, 2.45) is 0 Å². The smallest absolute Gasteiger partial charge is 0.130 e. The highest BCUT2D eigenvalue weighted by molar-refractivity contribution is 5.99. The van der Waals surface area contributed by atoms with E-state index in [1.54, 1.807) is 0 Å². The van der Waals surface area contributed by atoms with E-state index in [2.05, 4.69) is 191 Å². The number of hydrogen-bond donors (Lipinski definition) is 1. The number of benzene rings is 7. The molecule has 3 aliphatic rings. The fourth-order valence-corrected chi connectivity index (χ4v) is 8.42. The van der Waals surface area contributed by atoms with Gasteiger partial charge in [-0.1, -0.05) is 127 Å². The topological polar surface area (TPSA) is 18.5 Å². The van der Waals surface area contributed by atoms with E-state index < -0.39 is 5.41 Å². The van der Waals surface area contributed by atoms with E-state index in [1.807, 2.05) is 0 Å². The Bertz CT molecular complexity index is 2260. The van der Waals surface area contributed by atoms with Gasteiger partial charge in [0, 0.05) is 22.7 Å². The summed E-state index contributed by atoms with van der Waals surface area (Å²) in [6.45, 7) is 0. The molecule has 0 fully saturated rings. The van der Waals surface area contributed by atoms with Gasteiger partial charge in [0.2, 0.25) is 0 Å². The Morgan fingerprint density at radius 2 is 1.06 bits per heavy atom. The first-order valence-electron chi connectivity index (χ1n) is 16.3. The fraction of sp³-hybridized carbons (Fsp3) is 0.0455. The van der Waals surface area contributed by atoms with E-state index in [0.717, 1.165) is 17.1 Å². The number of anilines is 6. The predicted molar refractivity (Wildman–Crippen MR) is 193 cm³/mol. The number of rotatable bonds is 4. The molecule has 1 N–H and O–H groups in total. The maximum atomic E-state index is 3.92. The summed E-state index contributed by atoms with van der Waals surface area (Å²) in [6.07, 6.45) is -0.0000423. The van der Waals surface area contributed by atoms with Crippen LogP contribution in [0, 0.1) is 0 Å². The van der Waals surface area contributed by atoms with Crippen LogP contribution in [-0.2, 0) is 5.41 Å². The van der Waals surface area contributed by atoms with Crippen LogP contribution in [0.15, 0.2) is 176 Å². The van der Waals surface area contributed by atoms with Crippen LogP contribution in [0.5, 0.6) is 0 Å². The monoisotopic (exact) mass is 601 g/mol. The molecule has 0 saturated carbocycles. The van der Waals surface area contributed by atoms with Crippen LogP contribution in [0.3, 0.4) is 0 Å². The molecular weight excluding hydrogens is 571 g/mol. The van der Waals surface area contributed by atoms with Gasteiger partial charge in [0.25, 0.3) is 0 Å². The maximum absolute atomic E-state index is 3.92. The molecule has 3 nitrogen and oxygen atoms in total. The van der Waals surface area contributed by atoms with Crippen LogP contribution in [0.2, 0.25) is 0 Å². The molecule has 222 valence electrons. The Labute approximate surface area is 275 Å². The standard InChI is InChI=1S/C44H31N3/c1-4-15-30(16-5-1)43-45-40-25-14-24-38-42(40)47(43)41-26-13-12-23-37(41)44(38)36-22-11-10-21-34(36)35-28-27-33(29-39(35)44)46(31-17-6-2-7-18-31)32-19-8-3-9-20-32/h1-29,43,45H. The third-order valence-corrected chi connectivity index (χ3v) is 10.2. The highest BCUT2D eigenvalue weighted by Gasteiger charge is 2.54. The van der Waals surface area contributed by atoms with Crippen molar-refractivity contribution >= 4 is 34.1 Å². The van der Waals surface area contributed by atoms with E-state index in [4.69, 9.17) is 0 Å². The zero-order chi connectivity index (χ0) is 31.0. The van der Waals surface area contributed by atoms with Crippen molar-refractivity contribution in [3.05, 3.63) is 204 Å². The van der Waals surface area contributed by atoms with Crippen molar-refractivity contribution in [1.82, 2.24) is 0 Å². The summed E-state index contributed by atoms with van der Waals surface area (Å²) in [5.41, 5.74) is 15.7. The minimum absolute atomic E-state index is 0.0000423. The van der Waals surface area contributed by atoms with Gasteiger partial charge in [0.05, 0.1) is 16.8 Å². The van der Waals surface area contributed by atoms with Crippen LogP contribution in [0.25, 0.3) is 11.1 Å². The lowest BCUT2D eigenvalue weighted by atomic mass is 9.64. The molecule has 3 heteroatoms. The lowest BCUT2D eigenvalue weighted by molar-refractivity contribution is 0.720. The zero-order valence-electron chi connectivity index (χ0n) is 25.7. The first-order valence-corrected chi connectivity index (χ1v) is 16.3. The molecule has 0 radical (unpaired) electrons. The van der Waals surface area contributed by atoms with Gasteiger partial charge < -0.3 is 15.1 Å². The van der Waals surface area contributed by atoms with Gasteiger partial charge in [0.15, 0.2) is 0 Å². The molecule has 2 atom stereocenters. The largest absolute Gasteiger partial charge is 0.359 e. The Morgan fingerprint density at radius 1 is 0.468 bits per heavy atom. The molecule has 0 bridgehead atoms. The summed E-state index contributed by atoms with van der Waals surface area (Å²) in [5.74, 6) is 0. The zero-order valence-corrected chi connectivity index (χ0v) is 25.7. The third-order valence-electron chi connectivity index (χ3n) is 10.2. The van der Waals surface area contributed by atoms with E-state index in [1.165, 1.54) is 56.0 Å². The predicted octanol–water partition coefficient (Wildman–Crippen LogP) is 11.1. The van der Waals surface area contributed by atoms with Gasteiger partial charge in [-0.25, -0.2) is 0 Å². The summed E-state index contributed by atoms with van der Waals surface area (Å²) >= 11 is 0. The summed E-state index contributed by atoms with van der Waals surface area (Å²) in [6, 6.07) is 64.2. The lowest BCUT2D eigenvalue weighted by Crippen LogP contribution is -2.37. The second-order valence-corrected chi connectivity index (χ2v) is 12.6. The first kappa shape index (κ1) is 26.2. The van der Waals surface area contributed by atoms with Gasteiger partial charge in [-0.15, -0.1) is 0 Å². The Morgan fingerprint density at radius 3 is 1.81 bits per heavy atom. The summed E-state index contributed by atoms with van der Waals surface area (Å²) in [5, 5.41) is 3.92. The number of nitrogens with one attached hydrogen (secondary N) is 1. The van der Waals surface area contributed by atoms with Crippen molar-refractivity contribution in [1.29, 1.82) is 0 Å². The molecule has 1 aliphatic carbocycles. The number of nitrogens with zero attached hydrogens (tertiary/aromatic N) is 2. The number of hydrogen-bond acceptors (Lipinski definition) is 3. The molecule has 1 spiro atoms. The lowest BCUT2D eigenvalue weighted by Gasteiger charge is -2.44. The van der Waals surface area contributed by atoms with Crippen LogP contribution in [-0.4, -0.2) is 0 Å². The second kappa shape index (κ2) is 9.97. The Hall–Kier alpha value is -6.06. The summed E-state index contributed by atoms with van der Waals surface area (Å²) in [7, 11) is 0. The van der Waals surface area contributed by atoms with Crippen LogP contribution in [0.1, 0.15) is 34.0 Å². The molecule has 2 heterocycles. The maximum Gasteiger partial charge on any atom is 0.130 e. The quantitative estimate of drug-likeness (QED) is 0.216. The molecular formula is C44H31N3. The highest BCUT2D eigenvalue weighted by atomic mass is 15.3. The average molecular weight is 602 g/mol. The molecule has 0 aromatic heterocycles. The Balaban J connectivity index is 1.28. The Kier molecular flexibility index (Phi) is 5.55. The minimum Gasteiger partial charge on any atom is -0.359 e.